The van der Waals surface area contributed by atoms with Crippen LogP contribution in [0.4, 0.5) is 0 Å². The maximum absolute atomic E-state index is 4.04. The van der Waals surface area contributed by atoms with E-state index in [2.05, 4.69) is 31.5 Å². The van der Waals surface area contributed by atoms with E-state index in [9.17, 15) is 0 Å². The van der Waals surface area contributed by atoms with Gasteiger partial charge in [-0.1, -0.05) is 24.8 Å². The molecule has 0 heterocycles. The van der Waals surface area contributed by atoms with Crippen molar-refractivity contribution < 1.29 is 0 Å². The van der Waals surface area contributed by atoms with Gasteiger partial charge in [0.05, 0.1) is 0 Å². The van der Waals surface area contributed by atoms with Crippen LogP contribution in [0.3, 0.4) is 0 Å². The minimum atomic E-state index is 0.759. The zero-order chi connectivity index (χ0) is 9.84. The molecule has 0 bridgehead atoms. The first-order valence-electron chi connectivity index (χ1n) is 4.85. The summed E-state index contributed by atoms with van der Waals surface area (Å²) in [6.45, 7) is 12.9. The van der Waals surface area contributed by atoms with Gasteiger partial charge in [-0.25, -0.2) is 0 Å². The molecule has 1 N–H and O–H groups in total. The lowest BCUT2D eigenvalue weighted by atomic mass is 10.1. The van der Waals surface area contributed by atoms with Crippen molar-refractivity contribution in [3.8, 4) is 0 Å². The molecule has 0 spiro atoms. The van der Waals surface area contributed by atoms with Gasteiger partial charge in [-0.05, 0) is 37.8 Å². The third-order valence-corrected chi connectivity index (χ3v) is 2.20. The Morgan fingerprint density at radius 1 is 1.38 bits per heavy atom. The van der Waals surface area contributed by atoms with Crippen LogP contribution in [-0.4, -0.2) is 12.6 Å². The van der Waals surface area contributed by atoms with Gasteiger partial charge in [0.2, 0.25) is 0 Å². The standard InChI is InChI=1S/C12H19N/c1-9(2)7-10(3)11(4)8-13-12-5-6-12/h7,12-13H,1,4-6,8H2,2-3H3/b10-7-. The highest BCUT2D eigenvalue weighted by Gasteiger charge is 2.20. The van der Waals surface area contributed by atoms with Gasteiger partial charge in [0.1, 0.15) is 0 Å². The van der Waals surface area contributed by atoms with Gasteiger partial charge in [-0.15, -0.1) is 0 Å². The van der Waals surface area contributed by atoms with Crippen molar-refractivity contribution in [2.24, 2.45) is 0 Å². The van der Waals surface area contributed by atoms with Crippen LogP contribution in [0.15, 0.2) is 36.0 Å². The predicted molar refractivity (Wildman–Crippen MR) is 58.7 cm³/mol. The number of allylic oxidation sites excluding steroid dienone is 2. The van der Waals surface area contributed by atoms with Gasteiger partial charge in [0.25, 0.3) is 0 Å². The average Bonchev–Trinajstić information content (AvgIpc) is 2.81. The molecule has 1 aliphatic rings. The molecule has 1 heteroatoms. The van der Waals surface area contributed by atoms with Crippen molar-refractivity contribution in [3.05, 3.63) is 36.0 Å². The first-order valence-corrected chi connectivity index (χ1v) is 4.85. The van der Waals surface area contributed by atoms with Crippen LogP contribution in [0.1, 0.15) is 26.7 Å². The van der Waals surface area contributed by atoms with Crippen molar-refractivity contribution in [2.75, 3.05) is 6.54 Å². The fourth-order valence-electron chi connectivity index (χ4n) is 1.17. The summed E-state index contributed by atoms with van der Waals surface area (Å²) < 4.78 is 0. The Morgan fingerprint density at radius 2 is 2.00 bits per heavy atom. The summed E-state index contributed by atoms with van der Waals surface area (Å²) >= 11 is 0. The summed E-state index contributed by atoms with van der Waals surface area (Å²) in [4.78, 5) is 0. The summed E-state index contributed by atoms with van der Waals surface area (Å²) in [6.07, 6.45) is 4.74. The van der Waals surface area contributed by atoms with Gasteiger partial charge in [-0.3, -0.25) is 0 Å². The smallest absolute Gasteiger partial charge is 0.0204 e. The van der Waals surface area contributed by atoms with Gasteiger partial charge in [0.15, 0.2) is 0 Å². The molecule has 1 saturated carbocycles. The highest BCUT2D eigenvalue weighted by atomic mass is 14.9. The van der Waals surface area contributed by atoms with E-state index in [0.717, 1.165) is 18.2 Å². The SMILES string of the molecule is C=C(C)/C=C(/C)C(=C)CNC1CC1. The molecule has 13 heavy (non-hydrogen) atoms. The maximum Gasteiger partial charge on any atom is 0.0204 e. The molecule has 0 atom stereocenters. The summed E-state index contributed by atoms with van der Waals surface area (Å²) in [5.74, 6) is 0. The fraction of sp³-hybridized carbons (Fsp3) is 0.500. The van der Waals surface area contributed by atoms with E-state index >= 15 is 0 Å². The number of rotatable bonds is 5. The lowest BCUT2D eigenvalue weighted by Gasteiger charge is -2.07. The highest BCUT2D eigenvalue weighted by molar-refractivity contribution is 5.33. The summed E-state index contributed by atoms with van der Waals surface area (Å²) in [5.41, 5.74) is 3.50. The molecular weight excluding hydrogens is 158 g/mol. The molecule has 0 aromatic carbocycles. The van der Waals surface area contributed by atoms with E-state index in [1.807, 2.05) is 6.92 Å². The second-order valence-electron chi connectivity index (χ2n) is 3.93. The number of nitrogens with one attached hydrogen (secondary N) is 1. The van der Waals surface area contributed by atoms with Crippen LogP contribution in [-0.2, 0) is 0 Å². The molecule has 1 nitrogen and oxygen atoms in total. The first kappa shape index (κ1) is 10.3. The minimum Gasteiger partial charge on any atom is -0.310 e. The van der Waals surface area contributed by atoms with Gasteiger partial charge < -0.3 is 5.32 Å². The third kappa shape index (κ3) is 4.09. The van der Waals surface area contributed by atoms with Crippen LogP contribution < -0.4 is 5.32 Å². The quantitative estimate of drug-likeness (QED) is 0.637. The molecule has 0 aromatic heterocycles. The zero-order valence-corrected chi connectivity index (χ0v) is 8.69. The molecule has 1 rings (SSSR count). The van der Waals surface area contributed by atoms with E-state index in [4.69, 9.17) is 0 Å². The van der Waals surface area contributed by atoms with Crippen LogP contribution in [0, 0.1) is 0 Å². The van der Waals surface area contributed by atoms with Gasteiger partial charge in [-0.2, -0.15) is 0 Å². The van der Waals surface area contributed by atoms with Crippen molar-refractivity contribution in [1.82, 2.24) is 5.32 Å². The lowest BCUT2D eigenvalue weighted by Crippen LogP contribution is -2.19. The summed E-state index contributed by atoms with van der Waals surface area (Å²) in [6, 6.07) is 0.759. The van der Waals surface area contributed by atoms with E-state index in [-0.39, 0.29) is 0 Å². The molecular formula is C12H19N. The Balaban J connectivity index is 2.32. The van der Waals surface area contributed by atoms with Crippen LogP contribution in [0.5, 0.6) is 0 Å². The molecule has 0 aliphatic heterocycles. The second kappa shape index (κ2) is 4.43. The number of hydrogen-bond acceptors (Lipinski definition) is 1. The largest absolute Gasteiger partial charge is 0.310 e. The molecule has 1 fully saturated rings. The van der Waals surface area contributed by atoms with E-state index in [1.54, 1.807) is 0 Å². The fourth-order valence-corrected chi connectivity index (χ4v) is 1.17. The zero-order valence-electron chi connectivity index (χ0n) is 8.69. The van der Waals surface area contributed by atoms with Crippen molar-refractivity contribution in [3.63, 3.8) is 0 Å². The minimum absolute atomic E-state index is 0.759. The summed E-state index contributed by atoms with van der Waals surface area (Å²) in [7, 11) is 0. The molecule has 0 aromatic rings. The Bertz CT molecular complexity index is 244. The second-order valence-corrected chi connectivity index (χ2v) is 3.93. The molecule has 72 valence electrons. The summed E-state index contributed by atoms with van der Waals surface area (Å²) in [5, 5.41) is 3.44. The predicted octanol–water partition coefficient (Wildman–Crippen LogP) is 2.82. The van der Waals surface area contributed by atoms with Crippen molar-refractivity contribution >= 4 is 0 Å². The Hall–Kier alpha value is -0.820. The van der Waals surface area contributed by atoms with E-state index in [0.29, 0.717) is 0 Å². The van der Waals surface area contributed by atoms with Gasteiger partial charge in [0, 0.05) is 12.6 Å². The third-order valence-electron chi connectivity index (χ3n) is 2.20. The van der Waals surface area contributed by atoms with Crippen LogP contribution in [0.2, 0.25) is 0 Å². The molecule has 0 unspecified atom stereocenters. The normalized spacial score (nSPS) is 17.2. The Labute approximate surface area is 81.2 Å². The number of hydrogen-bond donors (Lipinski definition) is 1. The van der Waals surface area contributed by atoms with Crippen LogP contribution in [0.25, 0.3) is 0 Å². The Morgan fingerprint density at radius 3 is 2.46 bits per heavy atom. The van der Waals surface area contributed by atoms with Crippen molar-refractivity contribution in [2.45, 2.75) is 32.7 Å². The highest BCUT2D eigenvalue weighted by Crippen LogP contribution is 2.19. The maximum atomic E-state index is 4.04. The topological polar surface area (TPSA) is 12.0 Å². The molecule has 0 saturated heterocycles. The van der Waals surface area contributed by atoms with E-state index < -0.39 is 0 Å². The molecule has 0 amide bonds. The Kier molecular flexibility index (Phi) is 3.49. The molecule has 0 radical (unpaired) electrons. The first-order chi connectivity index (χ1) is 6.09. The van der Waals surface area contributed by atoms with Crippen LogP contribution >= 0.6 is 0 Å². The van der Waals surface area contributed by atoms with Gasteiger partial charge >= 0.3 is 0 Å². The molecule has 1 aliphatic carbocycles. The average molecular weight is 177 g/mol. The van der Waals surface area contributed by atoms with Crippen molar-refractivity contribution in [1.29, 1.82) is 0 Å². The van der Waals surface area contributed by atoms with E-state index in [1.165, 1.54) is 24.0 Å². The lowest BCUT2D eigenvalue weighted by molar-refractivity contribution is 0.737. The monoisotopic (exact) mass is 177 g/mol.